The first-order valence-electron chi connectivity index (χ1n) is 6.94. The Bertz CT molecular complexity index is 410. The zero-order valence-electron chi connectivity index (χ0n) is 12.7. The van der Waals surface area contributed by atoms with Crippen molar-refractivity contribution in [1.82, 2.24) is 0 Å². The largest absolute Gasteiger partial charge is 0.545 e. The quantitative estimate of drug-likeness (QED) is 0.631. The molecule has 5 heteroatoms. The smallest absolute Gasteiger partial charge is 0.166 e. The predicted octanol–water partition coefficient (Wildman–Crippen LogP) is 1.34. The van der Waals surface area contributed by atoms with Crippen LogP contribution in [0.3, 0.4) is 0 Å². The molecule has 0 fully saturated rings. The zero-order valence-corrected chi connectivity index (χ0v) is 12.7. The Labute approximate surface area is 120 Å². The van der Waals surface area contributed by atoms with E-state index in [-0.39, 0.29) is 0 Å². The molecule has 0 aliphatic rings. The van der Waals surface area contributed by atoms with Gasteiger partial charge in [0.15, 0.2) is 11.5 Å². The third-order valence-electron chi connectivity index (χ3n) is 3.92. The Morgan fingerprint density at radius 2 is 1.50 bits per heavy atom. The lowest BCUT2D eigenvalue weighted by Gasteiger charge is -2.34. The summed E-state index contributed by atoms with van der Waals surface area (Å²) in [5, 5.41) is 27.9. The van der Waals surface area contributed by atoms with Gasteiger partial charge in [0, 0.05) is 5.56 Å². The van der Waals surface area contributed by atoms with E-state index in [2.05, 4.69) is 27.7 Å². The third kappa shape index (κ3) is 4.74. The monoisotopic (exact) mass is 283 g/mol. The van der Waals surface area contributed by atoms with Gasteiger partial charge in [0.1, 0.15) is 0 Å². The fourth-order valence-electron chi connectivity index (χ4n) is 2.04. The van der Waals surface area contributed by atoms with Crippen molar-refractivity contribution >= 4 is 5.97 Å². The second kappa shape index (κ2) is 8.43. The van der Waals surface area contributed by atoms with Crippen LogP contribution in [0.25, 0.3) is 0 Å². The Morgan fingerprint density at radius 1 is 1.05 bits per heavy atom. The summed E-state index contributed by atoms with van der Waals surface area (Å²) in [5.41, 5.74) is -0.412. The van der Waals surface area contributed by atoms with Gasteiger partial charge in [-0.25, -0.2) is 0 Å². The van der Waals surface area contributed by atoms with Crippen LogP contribution >= 0.6 is 0 Å². The van der Waals surface area contributed by atoms with Gasteiger partial charge in [0.2, 0.25) is 0 Å². The molecule has 0 unspecified atom stereocenters. The molecule has 1 aromatic rings. The number of carbonyl (C=O) groups is 1. The minimum atomic E-state index is -1.52. The van der Waals surface area contributed by atoms with Gasteiger partial charge < -0.3 is 24.6 Å². The number of hydrogen-bond acceptors (Lipinski definition) is 4. The van der Waals surface area contributed by atoms with E-state index in [9.17, 15) is 9.90 Å². The number of quaternary nitrogens is 1. The van der Waals surface area contributed by atoms with Crippen LogP contribution in [0.1, 0.15) is 38.1 Å². The predicted molar refractivity (Wildman–Crippen MR) is 76.5 cm³/mol. The van der Waals surface area contributed by atoms with Crippen LogP contribution in [0.15, 0.2) is 18.2 Å². The number of para-hydroxylation sites is 1. The van der Waals surface area contributed by atoms with E-state index in [0.717, 1.165) is 6.07 Å². The van der Waals surface area contributed by atoms with Gasteiger partial charge >= 0.3 is 0 Å². The molecule has 114 valence electrons. The van der Waals surface area contributed by atoms with E-state index in [1.54, 1.807) is 0 Å². The van der Waals surface area contributed by atoms with E-state index in [4.69, 9.17) is 10.2 Å². The van der Waals surface area contributed by atoms with Crippen LogP contribution in [0.2, 0.25) is 0 Å². The van der Waals surface area contributed by atoms with Crippen molar-refractivity contribution in [3.63, 3.8) is 0 Å². The molecule has 0 aromatic heterocycles. The maximum atomic E-state index is 10.2. The first-order chi connectivity index (χ1) is 9.37. The van der Waals surface area contributed by atoms with Crippen molar-refractivity contribution in [2.75, 3.05) is 26.2 Å². The number of hydrogen-bond donors (Lipinski definition) is 2. The fourth-order valence-corrected chi connectivity index (χ4v) is 2.04. The summed E-state index contributed by atoms with van der Waals surface area (Å²) in [7, 11) is 0. The molecule has 2 N–H and O–H groups in total. The molecule has 0 bridgehead atoms. The minimum absolute atomic E-state index is 0.412. The summed E-state index contributed by atoms with van der Waals surface area (Å²) in [6.07, 6.45) is 0. The van der Waals surface area contributed by atoms with E-state index in [0.29, 0.717) is 0 Å². The molecule has 0 heterocycles. The molecule has 0 radical (unpaired) electrons. The van der Waals surface area contributed by atoms with Gasteiger partial charge in [0.05, 0.1) is 32.1 Å². The molecule has 0 aliphatic carbocycles. The second-order valence-corrected chi connectivity index (χ2v) is 4.57. The van der Waals surface area contributed by atoms with Crippen molar-refractivity contribution in [3.05, 3.63) is 23.8 Å². The molecule has 5 nitrogen and oxygen atoms in total. The molecule has 1 rings (SSSR count). The van der Waals surface area contributed by atoms with Crippen molar-refractivity contribution in [1.29, 1.82) is 0 Å². The molecule has 1 aromatic carbocycles. The second-order valence-electron chi connectivity index (χ2n) is 4.57. The summed E-state index contributed by atoms with van der Waals surface area (Å²) in [5.74, 6) is -2.64. The molecule has 0 atom stereocenters. The van der Waals surface area contributed by atoms with Crippen LogP contribution in [-0.2, 0) is 0 Å². The third-order valence-corrected chi connectivity index (χ3v) is 3.92. The number of rotatable bonds is 5. The van der Waals surface area contributed by atoms with Gasteiger partial charge in [-0.05, 0) is 39.8 Å². The van der Waals surface area contributed by atoms with E-state index in [1.807, 2.05) is 0 Å². The normalized spacial score (nSPS) is 10.6. The molecule has 20 heavy (non-hydrogen) atoms. The maximum Gasteiger partial charge on any atom is 0.166 e. The fraction of sp³-hybridized carbons (Fsp3) is 0.533. The van der Waals surface area contributed by atoms with Crippen LogP contribution < -0.4 is 5.11 Å². The highest BCUT2D eigenvalue weighted by Gasteiger charge is 2.16. The summed E-state index contributed by atoms with van der Waals surface area (Å²) in [6.45, 7) is 14.2. The van der Waals surface area contributed by atoms with Crippen LogP contribution in [0, 0.1) is 0 Å². The van der Waals surface area contributed by atoms with Gasteiger partial charge in [-0.1, -0.05) is 6.07 Å². The molecule has 0 saturated heterocycles. The van der Waals surface area contributed by atoms with Crippen molar-refractivity contribution in [2.24, 2.45) is 0 Å². The molecule has 0 aliphatic heterocycles. The Balaban J connectivity index is 0.000000370. The first-order valence-corrected chi connectivity index (χ1v) is 6.94. The van der Waals surface area contributed by atoms with Gasteiger partial charge in [-0.3, -0.25) is 0 Å². The lowest BCUT2D eigenvalue weighted by atomic mass is 10.2. The highest BCUT2D eigenvalue weighted by atomic mass is 16.4. The number of phenolic OH excluding ortho intramolecular Hbond substituents is 1. The Kier molecular flexibility index (Phi) is 7.69. The van der Waals surface area contributed by atoms with E-state index >= 15 is 0 Å². The van der Waals surface area contributed by atoms with E-state index < -0.39 is 23.0 Å². The summed E-state index contributed by atoms with van der Waals surface area (Å²) in [4.78, 5) is 10.2. The van der Waals surface area contributed by atoms with Gasteiger partial charge in [-0.2, -0.15) is 0 Å². The highest BCUT2D eigenvalue weighted by Crippen LogP contribution is 2.27. The average Bonchev–Trinajstić information content (AvgIpc) is 2.45. The molecule has 0 amide bonds. The zero-order chi connectivity index (χ0) is 15.8. The lowest BCUT2D eigenvalue weighted by Crippen LogP contribution is -2.47. The Hall–Kier alpha value is -1.75. The molecular weight excluding hydrogens is 258 g/mol. The number of nitrogens with zero attached hydrogens (tertiary/aromatic N) is 1. The van der Waals surface area contributed by atoms with Crippen LogP contribution in [-0.4, -0.2) is 46.8 Å². The number of aromatic carboxylic acids is 1. The van der Waals surface area contributed by atoms with E-state index in [1.165, 1.54) is 42.8 Å². The molecule has 0 saturated carbocycles. The number of benzene rings is 1. The summed E-state index contributed by atoms with van der Waals surface area (Å²) in [6, 6.07) is 3.63. The lowest BCUT2D eigenvalue weighted by molar-refractivity contribution is -0.921. The molecular formula is C15H25NO4. The van der Waals surface area contributed by atoms with Gasteiger partial charge in [0.25, 0.3) is 0 Å². The van der Waals surface area contributed by atoms with Crippen LogP contribution in [0.4, 0.5) is 0 Å². The number of carboxylic acid groups (broad SMARTS) is 1. The standard InChI is InChI=1S/C8H20N.C7H6O4/c1-5-9(6-2,7-3)8-4;8-5-3-1-2-4(6(5)9)7(10)11/h5-8H2,1-4H3;1-3,8-9H,(H,10,11)/q+1;/p-1. The first kappa shape index (κ1) is 18.2. The molecule has 0 spiro atoms. The summed E-state index contributed by atoms with van der Waals surface area (Å²) < 4.78 is 1.28. The number of aromatic hydroxyl groups is 2. The number of carbonyl (C=O) groups excluding carboxylic acids is 1. The summed E-state index contributed by atoms with van der Waals surface area (Å²) >= 11 is 0. The number of carboxylic acids is 1. The minimum Gasteiger partial charge on any atom is -0.545 e. The highest BCUT2D eigenvalue weighted by molar-refractivity contribution is 5.90. The SMILES string of the molecule is CC[N+](CC)(CC)CC.O=C([O-])c1cccc(O)c1O. The Morgan fingerprint density at radius 3 is 1.75 bits per heavy atom. The van der Waals surface area contributed by atoms with Crippen molar-refractivity contribution < 1.29 is 24.6 Å². The van der Waals surface area contributed by atoms with Crippen molar-refractivity contribution in [3.8, 4) is 11.5 Å². The van der Waals surface area contributed by atoms with Crippen molar-refractivity contribution in [2.45, 2.75) is 27.7 Å². The maximum absolute atomic E-state index is 10.2. The topological polar surface area (TPSA) is 80.6 Å². The number of phenols is 2. The van der Waals surface area contributed by atoms with Gasteiger partial charge in [-0.15, -0.1) is 0 Å². The average molecular weight is 283 g/mol. The van der Waals surface area contributed by atoms with Crippen LogP contribution in [0.5, 0.6) is 11.5 Å².